The van der Waals surface area contributed by atoms with Gasteiger partial charge in [0.2, 0.25) is 0 Å². The first kappa shape index (κ1) is 17.3. The summed E-state index contributed by atoms with van der Waals surface area (Å²) in [6, 6.07) is 19.8. The van der Waals surface area contributed by atoms with Gasteiger partial charge in [-0.2, -0.15) is 0 Å². The van der Waals surface area contributed by atoms with Crippen molar-refractivity contribution < 1.29 is 9.53 Å². The van der Waals surface area contributed by atoms with Gasteiger partial charge in [0.25, 0.3) is 0 Å². The molecule has 2 atom stereocenters. The molecule has 3 rings (SSSR count). The summed E-state index contributed by atoms with van der Waals surface area (Å²) in [7, 11) is -1.47. The highest BCUT2D eigenvalue weighted by atomic mass is 28.3. The third kappa shape index (κ3) is 4.12. The fourth-order valence-corrected chi connectivity index (χ4v) is 3.58. The van der Waals surface area contributed by atoms with Crippen LogP contribution in [0.1, 0.15) is 23.3 Å². The molecule has 25 heavy (non-hydrogen) atoms. The van der Waals surface area contributed by atoms with Crippen molar-refractivity contribution in [1.29, 1.82) is 0 Å². The van der Waals surface area contributed by atoms with E-state index >= 15 is 0 Å². The van der Waals surface area contributed by atoms with Gasteiger partial charge in [-0.05, 0) is 11.1 Å². The lowest BCUT2D eigenvalue weighted by atomic mass is 9.95. The molecule has 2 aromatic carbocycles. The quantitative estimate of drug-likeness (QED) is 0.588. The zero-order chi connectivity index (χ0) is 17.9. The summed E-state index contributed by atoms with van der Waals surface area (Å²) in [5.41, 5.74) is 5.41. The number of benzene rings is 2. The van der Waals surface area contributed by atoms with Gasteiger partial charge in [0.1, 0.15) is 14.1 Å². The minimum Gasteiger partial charge on any atom is -0.439 e. The first-order valence-corrected chi connectivity index (χ1v) is 12.0. The van der Waals surface area contributed by atoms with Gasteiger partial charge in [0, 0.05) is 0 Å². The zero-order valence-electron chi connectivity index (χ0n) is 14.9. The van der Waals surface area contributed by atoms with Crippen LogP contribution < -0.4 is 0 Å². The van der Waals surface area contributed by atoms with E-state index in [2.05, 4.69) is 31.1 Å². The van der Waals surface area contributed by atoms with E-state index in [0.717, 1.165) is 11.1 Å². The van der Waals surface area contributed by atoms with Gasteiger partial charge in [0.05, 0.1) is 6.54 Å². The van der Waals surface area contributed by atoms with E-state index in [1.54, 1.807) is 4.90 Å². The third-order valence-electron chi connectivity index (χ3n) is 4.07. The Labute approximate surface area is 150 Å². The van der Waals surface area contributed by atoms with Crippen molar-refractivity contribution in [2.24, 2.45) is 0 Å². The fourth-order valence-electron chi connectivity index (χ4n) is 2.97. The van der Waals surface area contributed by atoms with E-state index in [1.807, 2.05) is 60.7 Å². The molecule has 0 unspecified atom stereocenters. The summed E-state index contributed by atoms with van der Waals surface area (Å²) in [5, 5.41) is 0. The molecule has 1 amide bonds. The second-order valence-corrected chi connectivity index (χ2v) is 12.0. The van der Waals surface area contributed by atoms with E-state index in [0.29, 0.717) is 6.54 Å². The van der Waals surface area contributed by atoms with E-state index < -0.39 is 8.07 Å². The highest BCUT2D eigenvalue weighted by molar-refractivity contribution is 6.83. The molecule has 0 spiro atoms. The normalized spacial score (nSPS) is 20.0. The van der Waals surface area contributed by atoms with Gasteiger partial charge in [0.15, 0.2) is 6.10 Å². The number of ether oxygens (including phenoxy) is 1. The number of cyclic esters (lactones) is 1. The van der Waals surface area contributed by atoms with Gasteiger partial charge in [-0.25, -0.2) is 4.79 Å². The molecule has 128 valence electrons. The molecule has 4 heteroatoms. The Balaban J connectivity index is 1.95. The lowest BCUT2D eigenvalue weighted by Crippen LogP contribution is -2.29. The van der Waals surface area contributed by atoms with E-state index in [1.165, 1.54) is 0 Å². The molecule has 1 aliphatic rings. The number of carbonyl (C=O) groups excluding carboxylic acids is 1. The summed E-state index contributed by atoms with van der Waals surface area (Å²) in [6.45, 7) is 6.99. The van der Waals surface area contributed by atoms with Crippen LogP contribution in [0.3, 0.4) is 0 Å². The van der Waals surface area contributed by atoms with Crippen LogP contribution in [-0.2, 0) is 4.74 Å². The number of carbonyl (C=O) groups is 1. The van der Waals surface area contributed by atoms with E-state index in [4.69, 9.17) is 4.74 Å². The van der Waals surface area contributed by atoms with Gasteiger partial charge in [-0.1, -0.05) is 86.2 Å². The van der Waals surface area contributed by atoms with Crippen molar-refractivity contribution in [2.45, 2.75) is 31.8 Å². The van der Waals surface area contributed by atoms with Crippen LogP contribution >= 0.6 is 0 Å². The molecule has 0 N–H and O–H groups in total. The van der Waals surface area contributed by atoms with Crippen LogP contribution in [0.2, 0.25) is 19.6 Å². The van der Waals surface area contributed by atoms with Crippen molar-refractivity contribution in [3.05, 3.63) is 71.8 Å². The van der Waals surface area contributed by atoms with Crippen molar-refractivity contribution in [3.8, 4) is 11.5 Å². The van der Waals surface area contributed by atoms with Crippen molar-refractivity contribution in [1.82, 2.24) is 4.90 Å². The average Bonchev–Trinajstić information content (AvgIpc) is 2.92. The maximum atomic E-state index is 12.5. The van der Waals surface area contributed by atoms with Crippen LogP contribution in [0.5, 0.6) is 0 Å². The second-order valence-electron chi connectivity index (χ2n) is 7.25. The Hall–Kier alpha value is -2.51. The number of hydrogen-bond acceptors (Lipinski definition) is 2. The summed E-state index contributed by atoms with van der Waals surface area (Å²) in [4.78, 5) is 14.3. The second kappa shape index (κ2) is 7.16. The molecule has 1 aliphatic heterocycles. The molecule has 0 aliphatic carbocycles. The zero-order valence-corrected chi connectivity index (χ0v) is 15.9. The number of amides is 1. The number of hydrogen-bond donors (Lipinski definition) is 0. The smallest absolute Gasteiger partial charge is 0.411 e. The highest BCUT2D eigenvalue weighted by Gasteiger charge is 2.43. The highest BCUT2D eigenvalue weighted by Crippen LogP contribution is 2.42. The number of rotatable bonds is 3. The summed E-state index contributed by atoms with van der Waals surface area (Å²) >= 11 is 0. The van der Waals surface area contributed by atoms with Crippen LogP contribution in [0.4, 0.5) is 4.79 Å². The summed E-state index contributed by atoms with van der Waals surface area (Å²) < 4.78 is 5.74. The summed E-state index contributed by atoms with van der Waals surface area (Å²) in [5.74, 6) is 3.21. The first-order valence-electron chi connectivity index (χ1n) is 8.53. The largest absolute Gasteiger partial charge is 0.439 e. The van der Waals surface area contributed by atoms with Crippen molar-refractivity contribution in [2.75, 3.05) is 6.54 Å². The summed E-state index contributed by atoms with van der Waals surface area (Å²) in [6.07, 6.45) is -0.614. The molecule has 0 aromatic heterocycles. The first-order chi connectivity index (χ1) is 12.0. The molecule has 1 heterocycles. The molecule has 0 bridgehead atoms. The molecule has 0 radical (unpaired) electrons. The van der Waals surface area contributed by atoms with Crippen molar-refractivity contribution >= 4 is 14.2 Å². The molecule has 2 aromatic rings. The van der Waals surface area contributed by atoms with Gasteiger partial charge in [-0.3, -0.25) is 4.90 Å². The van der Waals surface area contributed by atoms with Crippen LogP contribution in [0, 0.1) is 11.5 Å². The Morgan fingerprint density at radius 3 is 2.08 bits per heavy atom. The van der Waals surface area contributed by atoms with Crippen LogP contribution in [0.25, 0.3) is 0 Å². The van der Waals surface area contributed by atoms with Crippen LogP contribution in [-0.4, -0.2) is 25.6 Å². The van der Waals surface area contributed by atoms with Gasteiger partial charge in [-0.15, -0.1) is 5.54 Å². The maximum absolute atomic E-state index is 12.5. The Morgan fingerprint density at radius 2 is 1.52 bits per heavy atom. The lowest BCUT2D eigenvalue weighted by Gasteiger charge is -2.24. The van der Waals surface area contributed by atoms with Gasteiger partial charge >= 0.3 is 6.09 Å². The molecular formula is C21H23NO2Si. The minimum atomic E-state index is -1.47. The fraction of sp³-hybridized carbons (Fsp3) is 0.286. The molecule has 3 nitrogen and oxygen atoms in total. The Bertz CT molecular complexity index is 787. The minimum absolute atomic E-state index is 0.160. The standard InChI is InChI=1S/C21H23NO2Si/c1-25(2,3)16-10-15-22-19(17-11-6-4-7-12-17)20(24-21(22)23)18-13-8-5-9-14-18/h4-9,11-14,19-20H,15H2,1-3H3/t19-,20+/m0/s1. The van der Waals surface area contributed by atoms with Crippen LogP contribution in [0.15, 0.2) is 60.7 Å². The molecule has 0 saturated carbocycles. The maximum Gasteiger partial charge on any atom is 0.411 e. The predicted octanol–water partition coefficient (Wildman–Crippen LogP) is 4.80. The predicted molar refractivity (Wildman–Crippen MR) is 103 cm³/mol. The van der Waals surface area contributed by atoms with E-state index in [-0.39, 0.29) is 18.2 Å². The molecule has 1 fully saturated rings. The topological polar surface area (TPSA) is 29.5 Å². The van der Waals surface area contributed by atoms with Crippen molar-refractivity contribution in [3.63, 3.8) is 0 Å². The number of nitrogens with zero attached hydrogens (tertiary/aromatic N) is 1. The third-order valence-corrected chi connectivity index (χ3v) is 4.99. The average molecular weight is 350 g/mol. The molecule has 1 saturated heterocycles. The monoisotopic (exact) mass is 349 g/mol. The van der Waals surface area contributed by atoms with Gasteiger partial charge < -0.3 is 4.74 Å². The van der Waals surface area contributed by atoms with E-state index in [9.17, 15) is 4.79 Å². The Kier molecular flexibility index (Phi) is 4.96. The Morgan fingerprint density at radius 1 is 0.960 bits per heavy atom. The SMILES string of the molecule is C[Si](C)(C)C#CCN1C(=O)O[C@H](c2ccccc2)[C@@H]1c1ccccc1. The molecular weight excluding hydrogens is 326 g/mol. The lowest BCUT2D eigenvalue weighted by molar-refractivity contribution is 0.130.